The van der Waals surface area contributed by atoms with Crippen LogP contribution >= 0.6 is 12.2 Å². The fourth-order valence-electron chi connectivity index (χ4n) is 0.130. The van der Waals surface area contributed by atoms with E-state index in [9.17, 15) is 0 Å². The number of methoxy groups -OCH3 is 1. The van der Waals surface area contributed by atoms with Crippen molar-refractivity contribution in [3.8, 4) is 6.19 Å². The van der Waals surface area contributed by atoms with Gasteiger partial charge in [0.05, 0.1) is 7.11 Å². The highest BCUT2D eigenvalue weighted by molar-refractivity contribution is 7.80. The van der Waals surface area contributed by atoms with E-state index in [-0.39, 0.29) is 5.17 Å². The fraction of sp³-hybridized carbons (Fsp3) is 0.333. The average molecular weight is 131 g/mol. The Hall–Kier alpha value is -1.02. The van der Waals surface area contributed by atoms with Gasteiger partial charge in [-0.05, 0) is 12.2 Å². The largest absolute Gasteiger partial charge is 0.473 e. The van der Waals surface area contributed by atoms with Gasteiger partial charge >= 0.3 is 0 Å². The molecule has 0 aliphatic carbocycles. The monoisotopic (exact) mass is 131 g/mol. The topological polar surface area (TPSA) is 57.1 Å². The second-order valence-corrected chi connectivity index (χ2v) is 1.22. The number of nitrogens with zero attached hydrogens (tertiary/aromatic N) is 1. The maximum atomic E-state index is 7.87. The zero-order valence-electron chi connectivity index (χ0n) is 4.26. The summed E-state index contributed by atoms with van der Waals surface area (Å²) in [7, 11) is 1.41. The fourth-order valence-corrected chi connectivity index (χ4v) is 0.181. The van der Waals surface area contributed by atoms with E-state index in [0.29, 0.717) is 0 Å². The summed E-state index contributed by atoms with van der Waals surface area (Å²) >= 11 is 4.47. The third kappa shape index (κ3) is 3.18. The minimum Gasteiger partial charge on any atom is -0.473 e. The van der Waals surface area contributed by atoms with Crippen LogP contribution in [-0.2, 0) is 4.74 Å². The van der Waals surface area contributed by atoms with Crippen LogP contribution in [0.25, 0.3) is 0 Å². The first-order chi connectivity index (χ1) is 3.81. The Morgan fingerprint density at radius 2 is 2.50 bits per heavy atom. The van der Waals surface area contributed by atoms with Gasteiger partial charge in [0.25, 0.3) is 5.17 Å². The van der Waals surface area contributed by atoms with Crippen molar-refractivity contribution in [1.29, 1.82) is 5.26 Å². The number of thiocarbonyl (C=S) groups is 1. The van der Waals surface area contributed by atoms with Gasteiger partial charge < -0.3 is 4.74 Å². The molecule has 0 aliphatic rings. The third-order valence-corrected chi connectivity index (χ3v) is 0.675. The summed E-state index contributed by atoms with van der Waals surface area (Å²) in [5.74, 6) is 0. The number of ether oxygens (including phenoxy) is 1. The molecule has 2 N–H and O–H groups in total. The molecule has 0 rings (SSSR count). The number of hydrazine groups is 1. The molecule has 0 aliphatic heterocycles. The molecule has 0 saturated heterocycles. The molecule has 5 heteroatoms. The van der Waals surface area contributed by atoms with Crippen molar-refractivity contribution >= 4 is 17.4 Å². The maximum absolute atomic E-state index is 7.87. The molecule has 44 valence electrons. The Morgan fingerprint density at radius 1 is 1.88 bits per heavy atom. The normalized spacial score (nSPS) is 6.50. The number of nitriles is 1. The molecule has 0 atom stereocenters. The first-order valence-corrected chi connectivity index (χ1v) is 2.20. The van der Waals surface area contributed by atoms with E-state index in [0.717, 1.165) is 0 Å². The molecule has 0 radical (unpaired) electrons. The van der Waals surface area contributed by atoms with Crippen LogP contribution in [0, 0.1) is 11.5 Å². The molecule has 0 bridgehead atoms. The van der Waals surface area contributed by atoms with Gasteiger partial charge in [0.2, 0.25) is 0 Å². The predicted molar refractivity (Wildman–Crippen MR) is 31.5 cm³/mol. The molecule has 0 aromatic carbocycles. The first kappa shape index (κ1) is 6.98. The lowest BCUT2D eigenvalue weighted by Crippen LogP contribution is -2.33. The summed E-state index contributed by atoms with van der Waals surface area (Å²) in [4.78, 5) is 0. The summed E-state index contributed by atoms with van der Waals surface area (Å²) < 4.78 is 4.46. The van der Waals surface area contributed by atoms with Gasteiger partial charge in [-0.1, -0.05) is 0 Å². The number of hydrogen-bond donors (Lipinski definition) is 2. The molecule has 0 aromatic rings. The summed E-state index contributed by atoms with van der Waals surface area (Å²) in [6.45, 7) is 0. The summed E-state index contributed by atoms with van der Waals surface area (Å²) in [6, 6.07) is 0. The maximum Gasteiger partial charge on any atom is 0.276 e. The van der Waals surface area contributed by atoms with Crippen LogP contribution < -0.4 is 10.9 Å². The Kier molecular flexibility index (Phi) is 3.62. The van der Waals surface area contributed by atoms with Crippen LogP contribution in [0.4, 0.5) is 0 Å². The standard InChI is InChI=1S/C3H5N3OS/c1-7-3(8)6-5-2-4/h5H,1H3,(H,6,8). The minimum absolute atomic E-state index is 0.145. The summed E-state index contributed by atoms with van der Waals surface area (Å²) in [5.41, 5.74) is 4.37. The lowest BCUT2D eigenvalue weighted by Gasteiger charge is -1.99. The van der Waals surface area contributed by atoms with Crippen molar-refractivity contribution in [1.82, 2.24) is 10.9 Å². The zero-order valence-corrected chi connectivity index (χ0v) is 5.08. The lowest BCUT2D eigenvalue weighted by atomic mass is 11.2. The van der Waals surface area contributed by atoms with Crippen molar-refractivity contribution in [2.75, 3.05) is 7.11 Å². The quantitative estimate of drug-likeness (QED) is 0.217. The Bertz CT molecular complexity index is 118. The number of rotatable bonds is 1. The minimum atomic E-state index is 0.145. The van der Waals surface area contributed by atoms with Gasteiger partial charge in [0.1, 0.15) is 0 Å². The molecular weight excluding hydrogens is 126 g/mol. The molecule has 0 spiro atoms. The van der Waals surface area contributed by atoms with Crippen molar-refractivity contribution in [2.24, 2.45) is 0 Å². The summed E-state index contributed by atoms with van der Waals surface area (Å²) in [6.07, 6.45) is 1.60. The Morgan fingerprint density at radius 3 is 2.88 bits per heavy atom. The molecule has 4 nitrogen and oxygen atoms in total. The van der Waals surface area contributed by atoms with Crippen molar-refractivity contribution < 1.29 is 4.74 Å². The van der Waals surface area contributed by atoms with Gasteiger partial charge in [-0.15, -0.1) is 0 Å². The second kappa shape index (κ2) is 4.15. The van der Waals surface area contributed by atoms with Crippen LogP contribution in [0.5, 0.6) is 0 Å². The van der Waals surface area contributed by atoms with Crippen LogP contribution in [0.1, 0.15) is 0 Å². The average Bonchev–Trinajstić information content (AvgIpc) is 1.83. The highest BCUT2D eigenvalue weighted by Crippen LogP contribution is 1.65. The number of hydrogen-bond acceptors (Lipinski definition) is 4. The van der Waals surface area contributed by atoms with Gasteiger partial charge in [0, 0.05) is 0 Å². The second-order valence-electron chi connectivity index (χ2n) is 0.853. The molecule has 8 heavy (non-hydrogen) atoms. The third-order valence-electron chi connectivity index (χ3n) is 0.406. The molecule has 0 aromatic heterocycles. The first-order valence-electron chi connectivity index (χ1n) is 1.79. The summed E-state index contributed by atoms with van der Waals surface area (Å²) in [5, 5.41) is 8.02. The molecule has 0 heterocycles. The molecule has 0 amide bonds. The van der Waals surface area contributed by atoms with Crippen LogP contribution in [0.15, 0.2) is 0 Å². The van der Waals surface area contributed by atoms with Crippen molar-refractivity contribution in [3.63, 3.8) is 0 Å². The van der Waals surface area contributed by atoms with E-state index in [1.54, 1.807) is 6.19 Å². The molecule has 0 unspecified atom stereocenters. The van der Waals surface area contributed by atoms with Gasteiger partial charge in [-0.25, -0.2) is 5.43 Å². The molecule has 0 fully saturated rings. The van der Waals surface area contributed by atoms with Crippen LogP contribution in [0.2, 0.25) is 0 Å². The zero-order chi connectivity index (χ0) is 6.41. The lowest BCUT2D eigenvalue weighted by molar-refractivity contribution is 0.388. The van der Waals surface area contributed by atoms with Gasteiger partial charge in [-0.3, -0.25) is 5.43 Å². The van der Waals surface area contributed by atoms with Crippen LogP contribution in [0.3, 0.4) is 0 Å². The van der Waals surface area contributed by atoms with Gasteiger partial charge in [0.15, 0.2) is 6.19 Å². The van der Waals surface area contributed by atoms with Crippen molar-refractivity contribution in [2.45, 2.75) is 0 Å². The van der Waals surface area contributed by atoms with Gasteiger partial charge in [-0.2, -0.15) is 5.26 Å². The Balaban J connectivity index is 3.15. The predicted octanol–water partition coefficient (Wildman–Crippen LogP) is -0.507. The SMILES string of the molecule is COC(=S)NNC#N. The van der Waals surface area contributed by atoms with Crippen molar-refractivity contribution in [3.05, 3.63) is 0 Å². The van der Waals surface area contributed by atoms with E-state index in [1.807, 2.05) is 0 Å². The highest BCUT2D eigenvalue weighted by Gasteiger charge is 1.85. The molecule has 0 saturated carbocycles. The van der Waals surface area contributed by atoms with Crippen LogP contribution in [-0.4, -0.2) is 12.3 Å². The Labute approximate surface area is 52.4 Å². The van der Waals surface area contributed by atoms with E-state index in [1.165, 1.54) is 7.11 Å². The van der Waals surface area contributed by atoms with E-state index in [4.69, 9.17) is 5.26 Å². The highest BCUT2D eigenvalue weighted by atomic mass is 32.1. The number of nitrogens with one attached hydrogen (secondary N) is 2. The van der Waals surface area contributed by atoms with E-state index in [2.05, 4.69) is 27.8 Å². The van der Waals surface area contributed by atoms with E-state index >= 15 is 0 Å². The van der Waals surface area contributed by atoms with E-state index < -0.39 is 0 Å². The smallest absolute Gasteiger partial charge is 0.276 e. The molecular formula is C3H5N3OS.